The average Bonchev–Trinajstić information content (AvgIpc) is 2.60. The van der Waals surface area contributed by atoms with Crippen molar-refractivity contribution >= 4 is 16.7 Å². The molecule has 3 rings (SSSR count). The van der Waals surface area contributed by atoms with Gasteiger partial charge < -0.3 is 14.3 Å². The van der Waals surface area contributed by atoms with Gasteiger partial charge in [-0.3, -0.25) is 0 Å². The molecule has 1 heterocycles. The van der Waals surface area contributed by atoms with Gasteiger partial charge in [-0.1, -0.05) is 45.0 Å². The summed E-state index contributed by atoms with van der Waals surface area (Å²) >= 11 is 0. The van der Waals surface area contributed by atoms with Crippen LogP contribution < -0.4 is 10.4 Å². The number of hydrogen-bond donors (Lipinski definition) is 1. The highest BCUT2D eigenvalue weighted by molar-refractivity contribution is 6.06. The van der Waals surface area contributed by atoms with Crippen molar-refractivity contribution in [1.29, 1.82) is 0 Å². The molecular weight excluding hydrogens is 332 g/mol. The fourth-order valence-corrected chi connectivity index (χ4v) is 2.99. The molecule has 0 saturated carbocycles. The largest absolute Gasteiger partial charge is 0.496 e. The van der Waals surface area contributed by atoms with E-state index in [1.54, 1.807) is 30.3 Å². The van der Waals surface area contributed by atoms with Crippen LogP contribution in [0.25, 0.3) is 21.9 Å². The molecule has 0 spiro atoms. The normalized spacial score (nSPS) is 11.5. The second kappa shape index (κ2) is 6.33. The van der Waals surface area contributed by atoms with Crippen molar-refractivity contribution in [3.05, 3.63) is 64.2 Å². The Morgan fingerprint density at radius 1 is 1.08 bits per heavy atom. The van der Waals surface area contributed by atoms with Crippen molar-refractivity contribution in [1.82, 2.24) is 0 Å². The number of benzene rings is 2. The van der Waals surface area contributed by atoms with E-state index >= 15 is 0 Å². The first kappa shape index (κ1) is 17.7. The first-order valence-electron chi connectivity index (χ1n) is 8.22. The maximum atomic E-state index is 12.2. The van der Waals surface area contributed by atoms with E-state index in [0.29, 0.717) is 27.6 Å². The van der Waals surface area contributed by atoms with Gasteiger partial charge in [-0.2, -0.15) is 0 Å². The van der Waals surface area contributed by atoms with E-state index in [9.17, 15) is 14.7 Å². The van der Waals surface area contributed by atoms with E-state index in [1.807, 2.05) is 12.1 Å². The first-order valence-corrected chi connectivity index (χ1v) is 8.22. The molecule has 0 radical (unpaired) electrons. The van der Waals surface area contributed by atoms with Gasteiger partial charge in [0.1, 0.15) is 5.75 Å². The molecule has 0 atom stereocenters. The SMILES string of the molecule is COc1ccc(C(C)(C)C)cc1-c1c(C(=O)O)oc(=O)c2ccccc12. The minimum Gasteiger partial charge on any atom is -0.496 e. The van der Waals surface area contributed by atoms with Crippen LogP contribution in [0.5, 0.6) is 5.75 Å². The quantitative estimate of drug-likeness (QED) is 0.753. The number of ether oxygens (including phenoxy) is 1. The predicted octanol–water partition coefficient (Wildman–Crippen LogP) is 4.46. The van der Waals surface area contributed by atoms with E-state index in [1.165, 1.54) is 7.11 Å². The van der Waals surface area contributed by atoms with Gasteiger partial charge in [0.2, 0.25) is 5.76 Å². The molecule has 0 fully saturated rings. The molecule has 134 valence electrons. The molecule has 1 N–H and O–H groups in total. The highest BCUT2D eigenvalue weighted by atomic mass is 16.5. The Morgan fingerprint density at radius 2 is 1.73 bits per heavy atom. The molecule has 3 aromatic rings. The van der Waals surface area contributed by atoms with E-state index in [-0.39, 0.29) is 5.41 Å². The molecule has 0 unspecified atom stereocenters. The number of carbonyl (C=O) groups is 1. The van der Waals surface area contributed by atoms with Gasteiger partial charge in [-0.05, 0) is 29.2 Å². The van der Waals surface area contributed by atoms with Crippen molar-refractivity contribution < 1.29 is 19.1 Å². The molecule has 0 amide bonds. The Balaban J connectivity index is 2.49. The Morgan fingerprint density at radius 3 is 2.31 bits per heavy atom. The zero-order chi connectivity index (χ0) is 19.1. The molecule has 1 aromatic heterocycles. The second-order valence-electron chi connectivity index (χ2n) is 7.11. The minimum atomic E-state index is -1.30. The topological polar surface area (TPSA) is 76.7 Å². The highest BCUT2D eigenvalue weighted by Gasteiger charge is 2.25. The lowest BCUT2D eigenvalue weighted by Crippen LogP contribution is -2.12. The molecule has 2 aromatic carbocycles. The summed E-state index contributed by atoms with van der Waals surface area (Å²) in [5, 5.41) is 10.5. The second-order valence-corrected chi connectivity index (χ2v) is 7.11. The molecule has 0 aliphatic heterocycles. The lowest BCUT2D eigenvalue weighted by molar-refractivity contribution is 0.0659. The Kier molecular flexibility index (Phi) is 4.32. The van der Waals surface area contributed by atoms with Crippen LogP contribution in [0.4, 0.5) is 0 Å². The predicted molar refractivity (Wildman–Crippen MR) is 100 cm³/mol. The van der Waals surface area contributed by atoms with Crippen molar-refractivity contribution in [2.24, 2.45) is 0 Å². The lowest BCUT2D eigenvalue weighted by Gasteiger charge is -2.22. The summed E-state index contributed by atoms with van der Waals surface area (Å²) in [6.07, 6.45) is 0. The average molecular weight is 352 g/mol. The van der Waals surface area contributed by atoms with Gasteiger partial charge >= 0.3 is 11.6 Å². The summed E-state index contributed by atoms with van der Waals surface area (Å²) in [6.45, 7) is 6.21. The van der Waals surface area contributed by atoms with Gasteiger partial charge in [0.15, 0.2) is 0 Å². The third-order valence-corrected chi connectivity index (χ3v) is 4.37. The van der Waals surface area contributed by atoms with Gasteiger partial charge in [0.05, 0.1) is 12.5 Å². The summed E-state index contributed by atoms with van der Waals surface area (Å²) in [5.41, 5.74) is 1.12. The number of hydrogen-bond acceptors (Lipinski definition) is 4. The van der Waals surface area contributed by atoms with Crippen molar-refractivity contribution in [2.45, 2.75) is 26.2 Å². The maximum Gasteiger partial charge on any atom is 0.372 e. The van der Waals surface area contributed by atoms with Crippen molar-refractivity contribution in [3.8, 4) is 16.9 Å². The molecule has 0 bridgehead atoms. The molecule has 0 aliphatic rings. The molecule has 5 nitrogen and oxygen atoms in total. The van der Waals surface area contributed by atoms with Gasteiger partial charge in [-0.15, -0.1) is 0 Å². The van der Waals surface area contributed by atoms with Crippen LogP contribution in [-0.2, 0) is 5.41 Å². The lowest BCUT2D eigenvalue weighted by atomic mass is 9.84. The smallest absolute Gasteiger partial charge is 0.372 e. The highest BCUT2D eigenvalue weighted by Crippen LogP contribution is 2.39. The minimum absolute atomic E-state index is 0.143. The van der Waals surface area contributed by atoms with Gasteiger partial charge in [-0.25, -0.2) is 9.59 Å². The summed E-state index contributed by atoms with van der Waals surface area (Å²) < 4.78 is 10.6. The maximum absolute atomic E-state index is 12.2. The summed E-state index contributed by atoms with van der Waals surface area (Å²) in [6, 6.07) is 12.5. The number of rotatable bonds is 3. The molecule has 0 aliphatic carbocycles. The molecule has 5 heteroatoms. The third kappa shape index (κ3) is 2.96. The number of carboxylic acids is 1. The van der Waals surface area contributed by atoms with E-state index in [4.69, 9.17) is 9.15 Å². The van der Waals surface area contributed by atoms with Crippen molar-refractivity contribution in [3.63, 3.8) is 0 Å². The number of aromatic carboxylic acids is 1. The summed E-state index contributed by atoms with van der Waals surface area (Å²) in [5.74, 6) is -1.18. The Labute approximate surface area is 150 Å². The zero-order valence-corrected chi connectivity index (χ0v) is 15.1. The van der Waals surface area contributed by atoms with Crippen LogP contribution in [0.3, 0.4) is 0 Å². The number of methoxy groups -OCH3 is 1. The van der Waals surface area contributed by atoms with Crippen LogP contribution in [0, 0.1) is 0 Å². The fourth-order valence-electron chi connectivity index (χ4n) is 2.99. The molecule has 0 saturated heterocycles. The monoisotopic (exact) mass is 352 g/mol. The first-order chi connectivity index (χ1) is 12.2. The van der Waals surface area contributed by atoms with E-state index in [0.717, 1.165) is 5.56 Å². The Bertz CT molecular complexity index is 1050. The fraction of sp³-hybridized carbons (Fsp3) is 0.238. The molecule has 26 heavy (non-hydrogen) atoms. The Hall–Kier alpha value is -3.08. The summed E-state index contributed by atoms with van der Waals surface area (Å²) in [4.78, 5) is 24.0. The van der Waals surface area contributed by atoms with Crippen LogP contribution in [0.1, 0.15) is 36.9 Å². The third-order valence-electron chi connectivity index (χ3n) is 4.37. The zero-order valence-electron chi connectivity index (χ0n) is 15.1. The van der Waals surface area contributed by atoms with Crippen LogP contribution in [-0.4, -0.2) is 18.2 Å². The van der Waals surface area contributed by atoms with Gasteiger partial charge in [0, 0.05) is 16.5 Å². The number of carboxylic acid groups (broad SMARTS) is 1. The van der Waals surface area contributed by atoms with E-state index < -0.39 is 17.4 Å². The van der Waals surface area contributed by atoms with E-state index in [2.05, 4.69) is 20.8 Å². The van der Waals surface area contributed by atoms with Gasteiger partial charge in [0.25, 0.3) is 0 Å². The summed E-state index contributed by atoms with van der Waals surface area (Å²) in [7, 11) is 1.53. The van der Waals surface area contributed by atoms with Crippen LogP contribution in [0.15, 0.2) is 51.7 Å². The van der Waals surface area contributed by atoms with Crippen molar-refractivity contribution in [2.75, 3.05) is 7.11 Å². The van der Waals surface area contributed by atoms with Crippen LogP contribution in [0.2, 0.25) is 0 Å². The standard InChI is InChI=1S/C21H20O5/c1-21(2,3)12-9-10-16(25-4)15(11-12)17-13-7-5-6-8-14(13)20(24)26-18(17)19(22)23/h5-11H,1-4H3,(H,22,23). The number of fused-ring (bicyclic) bond motifs is 1. The molecular formula is C21H20O5. The van der Waals surface area contributed by atoms with Crippen LogP contribution >= 0.6 is 0 Å².